The molecule has 2 aromatic rings. The predicted octanol–water partition coefficient (Wildman–Crippen LogP) is 9.26. The first kappa shape index (κ1) is 22.9. The molecule has 2 aromatic carbocycles. The highest BCUT2D eigenvalue weighted by molar-refractivity contribution is 5.64. The minimum atomic E-state index is -3.36. The smallest absolute Gasteiger partial charge is 0.236 e. The maximum Gasteiger partial charge on any atom is 0.280 e. The molecular formula is C27H35F3. The molecule has 1 unspecified atom stereocenters. The molecule has 0 radical (unpaired) electrons. The molecule has 0 nitrogen and oxygen atoms in total. The van der Waals surface area contributed by atoms with Crippen molar-refractivity contribution in [2.24, 2.45) is 5.92 Å². The Balaban J connectivity index is 1.54. The second-order valence-corrected chi connectivity index (χ2v) is 9.13. The van der Waals surface area contributed by atoms with Gasteiger partial charge in [-0.2, -0.15) is 0 Å². The summed E-state index contributed by atoms with van der Waals surface area (Å²) in [6, 6.07) is 15.0. The minimum Gasteiger partial charge on any atom is -0.236 e. The van der Waals surface area contributed by atoms with E-state index >= 15 is 0 Å². The van der Waals surface area contributed by atoms with E-state index < -0.39 is 12.1 Å². The van der Waals surface area contributed by atoms with Crippen LogP contribution in [0, 0.1) is 5.92 Å². The fourth-order valence-electron chi connectivity index (χ4n) is 4.73. The van der Waals surface area contributed by atoms with Crippen LogP contribution in [-0.2, 0) is 0 Å². The van der Waals surface area contributed by atoms with Gasteiger partial charge in [0.15, 0.2) is 6.17 Å². The zero-order chi connectivity index (χ0) is 21.6. The lowest BCUT2D eigenvalue weighted by Crippen LogP contribution is -2.18. The third-order valence-electron chi connectivity index (χ3n) is 6.68. The van der Waals surface area contributed by atoms with Gasteiger partial charge in [-0.15, -0.1) is 0 Å². The van der Waals surface area contributed by atoms with Gasteiger partial charge >= 0.3 is 0 Å². The summed E-state index contributed by atoms with van der Waals surface area (Å²) in [7, 11) is 0. The zero-order valence-electron chi connectivity index (χ0n) is 18.3. The van der Waals surface area contributed by atoms with Gasteiger partial charge in [0.05, 0.1) is 0 Å². The molecule has 3 rings (SSSR count). The molecule has 0 spiro atoms. The van der Waals surface area contributed by atoms with Crippen LogP contribution < -0.4 is 0 Å². The van der Waals surface area contributed by atoms with Crippen molar-refractivity contribution in [2.45, 2.75) is 89.6 Å². The van der Waals surface area contributed by atoms with Crippen molar-refractivity contribution < 1.29 is 13.2 Å². The van der Waals surface area contributed by atoms with Gasteiger partial charge in [-0.3, -0.25) is 0 Å². The largest absolute Gasteiger partial charge is 0.280 e. The van der Waals surface area contributed by atoms with Crippen LogP contribution in [0.3, 0.4) is 0 Å². The van der Waals surface area contributed by atoms with Gasteiger partial charge in [-0.05, 0) is 59.8 Å². The van der Waals surface area contributed by atoms with Gasteiger partial charge < -0.3 is 0 Å². The first-order chi connectivity index (χ1) is 14.4. The Morgan fingerprint density at radius 3 is 1.93 bits per heavy atom. The maximum absolute atomic E-state index is 13.8. The van der Waals surface area contributed by atoms with E-state index in [1.807, 2.05) is 0 Å². The van der Waals surface area contributed by atoms with Crippen LogP contribution in [-0.4, -0.2) is 5.92 Å². The Labute approximate surface area is 179 Å². The van der Waals surface area contributed by atoms with Crippen LogP contribution in [0.4, 0.5) is 13.2 Å². The number of benzene rings is 2. The van der Waals surface area contributed by atoms with E-state index in [0.29, 0.717) is 12.8 Å². The number of unbranched alkanes of at least 4 members (excludes halogenated alkanes) is 3. The third-order valence-corrected chi connectivity index (χ3v) is 6.68. The van der Waals surface area contributed by atoms with Crippen molar-refractivity contribution in [3.05, 3.63) is 59.7 Å². The topological polar surface area (TPSA) is 0 Å². The molecule has 1 saturated carbocycles. The van der Waals surface area contributed by atoms with Crippen LogP contribution in [0.2, 0.25) is 0 Å². The lowest BCUT2D eigenvalue weighted by Gasteiger charge is -2.29. The average molecular weight is 417 g/mol. The van der Waals surface area contributed by atoms with Crippen molar-refractivity contribution in [1.29, 1.82) is 0 Å². The molecule has 30 heavy (non-hydrogen) atoms. The van der Waals surface area contributed by atoms with E-state index in [4.69, 9.17) is 0 Å². The predicted molar refractivity (Wildman–Crippen MR) is 120 cm³/mol. The van der Waals surface area contributed by atoms with Crippen molar-refractivity contribution in [3.63, 3.8) is 0 Å². The van der Waals surface area contributed by atoms with E-state index in [0.717, 1.165) is 17.0 Å². The Hall–Kier alpha value is -1.77. The van der Waals surface area contributed by atoms with Gasteiger partial charge in [0.2, 0.25) is 0 Å². The van der Waals surface area contributed by atoms with Crippen molar-refractivity contribution in [3.8, 4) is 11.1 Å². The van der Waals surface area contributed by atoms with Gasteiger partial charge in [-0.1, -0.05) is 87.6 Å². The molecule has 1 aliphatic rings. The first-order valence-electron chi connectivity index (χ1n) is 11.6. The molecule has 164 valence electrons. The summed E-state index contributed by atoms with van der Waals surface area (Å²) in [5.74, 6) is -1.81. The van der Waals surface area contributed by atoms with Crippen molar-refractivity contribution in [1.82, 2.24) is 0 Å². The van der Waals surface area contributed by atoms with Gasteiger partial charge in [0.25, 0.3) is 5.92 Å². The zero-order valence-corrected chi connectivity index (χ0v) is 18.3. The van der Waals surface area contributed by atoms with E-state index in [-0.39, 0.29) is 5.56 Å². The third kappa shape index (κ3) is 6.12. The van der Waals surface area contributed by atoms with Crippen molar-refractivity contribution >= 4 is 0 Å². The molecule has 1 fully saturated rings. The molecule has 1 aliphatic carbocycles. The van der Waals surface area contributed by atoms with E-state index in [1.54, 1.807) is 12.1 Å². The average Bonchev–Trinajstić information content (AvgIpc) is 2.76. The summed E-state index contributed by atoms with van der Waals surface area (Å²) in [6.45, 7) is 2.88. The molecule has 0 amide bonds. The van der Waals surface area contributed by atoms with E-state index in [2.05, 4.69) is 31.2 Å². The first-order valence-corrected chi connectivity index (χ1v) is 11.6. The fourth-order valence-corrected chi connectivity index (χ4v) is 4.73. The molecule has 1 atom stereocenters. The van der Waals surface area contributed by atoms with Crippen LogP contribution in [0.15, 0.2) is 48.5 Å². The van der Waals surface area contributed by atoms with Crippen LogP contribution in [0.5, 0.6) is 0 Å². The van der Waals surface area contributed by atoms with E-state index in [9.17, 15) is 13.2 Å². The monoisotopic (exact) mass is 416 g/mol. The number of hydrogen-bond acceptors (Lipinski definition) is 0. The standard InChI is InChI=1S/C27H35F3/c1-3-4-5-6-7-20-8-10-21(11-9-20)22-12-14-23(15-13-22)24-16-18-25(19-17-24)26(28)27(2,29)30/h12-21,26H,3-11H2,1-2H3. The maximum atomic E-state index is 13.8. The molecule has 0 saturated heterocycles. The summed E-state index contributed by atoms with van der Waals surface area (Å²) in [5.41, 5.74) is 3.38. The van der Waals surface area contributed by atoms with Crippen LogP contribution in [0.25, 0.3) is 11.1 Å². The van der Waals surface area contributed by atoms with Gasteiger partial charge in [0.1, 0.15) is 0 Å². The summed E-state index contributed by atoms with van der Waals surface area (Å²) in [6.07, 6.45) is 9.79. The SMILES string of the molecule is CCCCCCC1CCC(c2ccc(-c3ccc(C(F)C(C)(F)F)cc3)cc2)CC1. The second-order valence-electron chi connectivity index (χ2n) is 9.13. The Morgan fingerprint density at radius 1 is 0.833 bits per heavy atom. The normalized spacial score (nSPS) is 20.8. The Bertz CT molecular complexity index is 750. The summed E-state index contributed by atoms with van der Waals surface area (Å²) >= 11 is 0. The summed E-state index contributed by atoms with van der Waals surface area (Å²) in [4.78, 5) is 0. The minimum absolute atomic E-state index is 0.0225. The van der Waals surface area contributed by atoms with E-state index in [1.165, 1.54) is 75.5 Å². The molecule has 0 aliphatic heterocycles. The fraction of sp³-hybridized carbons (Fsp3) is 0.556. The molecule has 0 aromatic heterocycles. The number of halogens is 3. The van der Waals surface area contributed by atoms with Crippen LogP contribution >= 0.6 is 0 Å². The lowest BCUT2D eigenvalue weighted by molar-refractivity contribution is -0.0566. The highest BCUT2D eigenvalue weighted by atomic mass is 19.3. The van der Waals surface area contributed by atoms with Crippen LogP contribution in [0.1, 0.15) is 94.9 Å². The number of hydrogen-bond donors (Lipinski definition) is 0. The van der Waals surface area contributed by atoms with Gasteiger partial charge in [-0.25, -0.2) is 13.2 Å². The second kappa shape index (κ2) is 10.5. The molecule has 0 heterocycles. The number of alkyl halides is 3. The summed E-state index contributed by atoms with van der Waals surface area (Å²) in [5, 5.41) is 0. The molecule has 3 heteroatoms. The summed E-state index contributed by atoms with van der Waals surface area (Å²) < 4.78 is 40.2. The van der Waals surface area contributed by atoms with Crippen molar-refractivity contribution in [2.75, 3.05) is 0 Å². The quantitative estimate of drug-likeness (QED) is 0.357. The Morgan fingerprint density at radius 2 is 1.40 bits per heavy atom. The highest BCUT2D eigenvalue weighted by Gasteiger charge is 2.35. The highest BCUT2D eigenvalue weighted by Crippen LogP contribution is 2.39. The molecule has 0 N–H and O–H groups in total. The lowest BCUT2D eigenvalue weighted by atomic mass is 9.77. The Kier molecular flexibility index (Phi) is 8.02. The number of rotatable bonds is 9. The molecular weight excluding hydrogens is 381 g/mol. The van der Waals surface area contributed by atoms with Gasteiger partial charge in [0, 0.05) is 6.92 Å². The molecule has 0 bridgehead atoms.